The highest BCUT2D eigenvalue weighted by Gasteiger charge is 2.27. The van der Waals surface area contributed by atoms with E-state index in [-0.39, 0.29) is 16.4 Å². The van der Waals surface area contributed by atoms with E-state index in [0.29, 0.717) is 23.7 Å². The van der Waals surface area contributed by atoms with Crippen molar-refractivity contribution < 1.29 is 13.2 Å². The maximum Gasteiger partial charge on any atom is 0.244 e. The first-order chi connectivity index (χ1) is 13.5. The summed E-state index contributed by atoms with van der Waals surface area (Å²) in [7, 11) is -3.46. The van der Waals surface area contributed by atoms with E-state index in [9.17, 15) is 13.2 Å². The van der Waals surface area contributed by atoms with Gasteiger partial charge in [-0.3, -0.25) is 4.79 Å². The molecule has 0 aliphatic carbocycles. The van der Waals surface area contributed by atoms with Crippen LogP contribution >= 0.6 is 11.8 Å². The summed E-state index contributed by atoms with van der Waals surface area (Å²) in [4.78, 5) is 20.4. The molecule has 1 aromatic carbocycles. The number of para-hydroxylation sites is 1. The Labute approximate surface area is 168 Å². The number of benzene rings is 1. The van der Waals surface area contributed by atoms with Gasteiger partial charge in [0.1, 0.15) is 4.90 Å². The van der Waals surface area contributed by atoms with Crippen LogP contribution in [0.4, 0.5) is 0 Å². The minimum atomic E-state index is -3.46. The SMILES string of the molecule is Cc1[nH]c2ccccc2c1C(=O)CSc1ccc(S(=O)(=O)N2CCCC2)cn1. The lowest BCUT2D eigenvalue weighted by molar-refractivity contribution is 0.102. The summed E-state index contributed by atoms with van der Waals surface area (Å²) in [6, 6.07) is 11.0. The zero-order valence-electron chi connectivity index (χ0n) is 15.5. The van der Waals surface area contributed by atoms with Crippen LogP contribution in [0, 0.1) is 6.92 Å². The highest BCUT2D eigenvalue weighted by Crippen LogP contribution is 2.26. The number of fused-ring (bicyclic) bond motifs is 1. The van der Waals surface area contributed by atoms with Crippen molar-refractivity contribution >= 4 is 38.5 Å². The third kappa shape index (κ3) is 3.59. The molecule has 0 spiro atoms. The molecule has 28 heavy (non-hydrogen) atoms. The topological polar surface area (TPSA) is 83.1 Å². The standard InChI is InChI=1S/C20H21N3O3S2/c1-14-20(16-6-2-3-7-17(16)22-14)18(24)13-27-19-9-8-15(12-21-19)28(25,26)23-10-4-5-11-23/h2-3,6-9,12,22H,4-5,10-11,13H2,1H3. The van der Waals surface area contributed by atoms with Crippen LogP contribution in [-0.2, 0) is 10.0 Å². The molecular weight excluding hydrogens is 394 g/mol. The van der Waals surface area contributed by atoms with Gasteiger partial charge in [-0.15, -0.1) is 0 Å². The number of ketones is 1. The summed E-state index contributed by atoms with van der Waals surface area (Å²) in [5.74, 6) is 0.268. The smallest absolute Gasteiger partial charge is 0.244 e. The number of carbonyl (C=O) groups is 1. The highest BCUT2D eigenvalue weighted by atomic mass is 32.2. The third-order valence-corrected chi connectivity index (χ3v) is 7.76. The molecule has 3 heterocycles. The molecule has 0 atom stereocenters. The summed E-state index contributed by atoms with van der Waals surface area (Å²) >= 11 is 1.31. The molecule has 8 heteroatoms. The lowest BCUT2D eigenvalue weighted by Gasteiger charge is -2.15. The molecule has 0 bridgehead atoms. The Kier molecular flexibility index (Phi) is 5.27. The molecule has 0 saturated carbocycles. The number of aryl methyl sites for hydroxylation is 1. The molecule has 1 N–H and O–H groups in total. The van der Waals surface area contributed by atoms with Gasteiger partial charge in [-0.1, -0.05) is 30.0 Å². The van der Waals surface area contributed by atoms with Crippen LogP contribution in [0.1, 0.15) is 28.9 Å². The first-order valence-corrected chi connectivity index (χ1v) is 11.6. The van der Waals surface area contributed by atoms with Gasteiger partial charge in [-0.25, -0.2) is 13.4 Å². The maximum atomic E-state index is 12.7. The maximum absolute atomic E-state index is 12.7. The number of nitrogens with zero attached hydrogens (tertiary/aromatic N) is 2. The summed E-state index contributed by atoms with van der Waals surface area (Å²) in [5, 5.41) is 1.55. The molecule has 1 saturated heterocycles. The molecule has 0 amide bonds. The van der Waals surface area contributed by atoms with Crippen molar-refractivity contribution in [2.24, 2.45) is 0 Å². The number of aromatic amines is 1. The number of rotatable bonds is 6. The molecule has 1 fully saturated rings. The summed E-state index contributed by atoms with van der Waals surface area (Å²) in [6.45, 7) is 3.03. The van der Waals surface area contributed by atoms with Gasteiger partial charge < -0.3 is 4.98 Å². The largest absolute Gasteiger partial charge is 0.358 e. The zero-order chi connectivity index (χ0) is 19.7. The van der Waals surface area contributed by atoms with E-state index >= 15 is 0 Å². The fourth-order valence-corrected chi connectivity index (χ4v) is 5.71. The normalized spacial score (nSPS) is 15.3. The lowest BCUT2D eigenvalue weighted by Crippen LogP contribution is -2.27. The fraction of sp³-hybridized carbons (Fsp3) is 0.300. The Balaban J connectivity index is 1.46. The van der Waals surface area contributed by atoms with Crippen LogP contribution in [0.25, 0.3) is 10.9 Å². The van der Waals surface area contributed by atoms with Gasteiger partial charge in [-0.2, -0.15) is 4.31 Å². The van der Waals surface area contributed by atoms with Crippen molar-refractivity contribution in [3.05, 3.63) is 53.9 Å². The molecular formula is C20H21N3O3S2. The van der Waals surface area contributed by atoms with E-state index in [1.165, 1.54) is 22.3 Å². The van der Waals surface area contributed by atoms with Gasteiger partial charge in [0.15, 0.2) is 5.78 Å². The van der Waals surface area contributed by atoms with E-state index in [4.69, 9.17) is 0 Å². The van der Waals surface area contributed by atoms with E-state index in [1.54, 1.807) is 12.1 Å². The summed E-state index contributed by atoms with van der Waals surface area (Å²) in [6.07, 6.45) is 3.18. The van der Waals surface area contributed by atoms with Gasteiger partial charge in [0.05, 0.1) is 10.8 Å². The van der Waals surface area contributed by atoms with E-state index < -0.39 is 10.0 Å². The number of hydrogen-bond acceptors (Lipinski definition) is 5. The molecule has 0 radical (unpaired) electrons. The second kappa shape index (κ2) is 7.69. The van der Waals surface area contributed by atoms with Gasteiger partial charge >= 0.3 is 0 Å². The molecule has 4 rings (SSSR count). The van der Waals surface area contributed by atoms with E-state index in [0.717, 1.165) is 29.4 Å². The van der Waals surface area contributed by atoms with Crippen LogP contribution in [0.5, 0.6) is 0 Å². The molecule has 3 aromatic rings. The van der Waals surface area contributed by atoms with Crippen LogP contribution in [0.3, 0.4) is 0 Å². The Bertz CT molecular complexity index is 1120. The molecule has 2 aromatic heterocycles. The van der Waals surface area contributed by atoms with Crippen molar-refractivity contribution in [3.8, 4) is 0 Å². The number of nitrogens with one attached hydrogen (secondary N) is 1. The second-order valence-electron chi connectivity index (χ2n) is 6.83. The quantitative estimate of drug-likeness (QED) is 0.491. The first-order valence-electron chi connectivity index (χ1n) is 9.16. The zero-order valence-corrected chi connectivity index (χ0v) is 17.1. The number of pyridine rings is 1. The number of carbonyl (C=O) groups excluding carboxylic acids is 1. The number of Topliss-reactive ketones (excluding diaryl/α,β-unsaturated/α-hetero) is 1. The Hall–Kier alpha value is -2.16. The average molecular weight is 416 g/mol. The van der Waals surface area contributed by atoms with E-state index in [2.05, 4.69) is 9.97 Å². The van der Waals surface area contributed by atoms with E-state index in [1.807, 2.05) is 31.2 Å². The fourth-order valence-electron chi connectivity index (χ4n) is 3.53. The number of H-pyrrole nitrogens is 1. The van der Waals surface area contributed by atoms with Crippen molar-refractivity contribution in [3.63, 3.8) is 0 Å². The van der Waals surface area contributed by atoms with Crippen molar-refractivity contribution in [1.82, 2.24) is 14.3 Å². The van der Waals surface area contributed by atoms with Gasteiger partial charge in [-0.05, 0) is 38.0 Å². The summed E-state index contributed by atoms with van der Waals surface area (Å²) in [5.41, 5.74) is 2.51. The lowest BCUT2D eigenvalue weighted by atomic mass is 10.1. The van der Waals surface area contributed by atoms with Crippen molar-refractivity contribution in [2.75, 3.05) is 18.8 Å². The van der Waals surface area contributed by atoms with Crippen LogP contribution in [0.15, 0.2) is 52.5 Å². The minimum Gasteiger partial charge on any atom is -0.358 e. The number of sulfonamides is 1. The van der Waals surface area contributed by atoms with Gasteiger partial charge in [0.25, 0.3) is 0 Å². The molecule has 1 aliphatic heterocycles. The first kappa shape index (κ1) is 19.2. The Morgan fingerprint density at radius 1 is 1.18 bits per heavy atom. The monoisotopic (exact) mass is 415 g/mol. The Morgan fingerprint density at radius 3 is 2.64 bits per heavy atom. The number of aromatic nitrogens is 2. The summed E-state index contributed by atoms with van der Waals surface area (Å²) < 4.78 is 26.6. The van der Waals surface area contributed by atoms with Crippen LogP contribution in [-0.4, -0.2) is 47.3 Å². The molecule has 0 unspecified atom stereocenters. The molecule has 146 valence electrons. The molecule has 6 nitrogen and oxygen atoms in total. The third-order valence-electron chi connectivity index (χ3n) is 4.94. The van der Waals surface area contributed by atoms with Gasteiger partial charge in [0, 0.05) is 41.4 Å². The van der Waals surface area contributed by atoms with Crippen molar-refractivity contribution in [1.29, 1.82) is 0 Å². The Morgan fingerprint density at radius 2 is 1.93 bits per heavy atom. The molecule has 1 aliphatic rings. The predicted molar refractivity (Wildman–Crippen MR) is 110 cm³/mol. The van der Waals surface area contributed by atoms with Crippen LogP contribution < -0.4 is 0 Å². The predicted octanol–water partition coefficient (Wildman–Crippen LogP) is 3.63. The number of hydrogen-bond donors (Lipinski definition) is 1. The van der Waals surface area contributed by atoms with Gasteiger partial charge in [0.2, 0.25) is 10.0 Å². The minimum absolute atomic E-state index is 0.0236. The average Bonchev–Trinajstić information content (AvgIpc) is 3.34. The van der Waals surface area contributed by atoms with Crippen LogP contribution in [0.2, 0.25) is 0 Å². The highest BCUT2D eigenvalue weighted by molar-refractivity contribution is 7.99. The number of thioether (sulfide) groups is 1. The van der Waals surface area contributed by atoms with Crippen molar-refractivity contribution in [2.45, 2.75) is 29.7 Å². The second-order valence-corrected chi connectivity index (χ2v) is 9.76.